The Balaban J connectivity index is 1.89. The van der Waals surface area contributed by atoms with Crippen molar-refractivity contribution in [3.8, 4) is 5.75 Å². The first-order chi connectivity index (χ1) is 13.6. The number of ether oxygens (including phenoxy) is 1. The highest BCUT2D eigenvalue weighted by molar-refractivity contribution is 7.89. The summed E-state index contributed by atoms with van der Waals surface area (Å²) in [5.41, 5.74) is -2.16. The molecule has 0 radical (unpaired) electrons. The van der Waals surface area contributed by atoms with Crippen molar-refractivity contribution >= 4 is 38.9 Å². The number of pyridine rings is 1. The third-order valence-electron chi connectivity index (χ3n) is 4.41. The Labute approximate surface area is 175 Å². The quantitative estimate of drug-likeness (QED) is 0.522. The molecule has 0 amide bonds. The lowest BCUT2D eigenvalue weighted by molar-refractivity contribution is -0.0641. The van der Waals surface area contributed by atoms with E-state index in [1.165, 1.54) is 24.3 Å². The van der Waals surface area contributed by atoms with Gasteiger partial charge in [0.2, 0.25) is 15.7 Å². The first-order valence-corrected chi connectivity index (χ1v) is 10.3. The molecule has 0 saturated carbocycles. The van der Waals surface area contributed by atoms with Gasteiger partial charge in [-0.05, 0) is 24.3 Å². The van der Waals surface area contributed by atoms with E-state index in [2.05, 4.69) is 9.83 Å². The molecular formula is C17H14Cl2FN3O5S. The monoisotopic (exact) mass is 461 g/mol. The van der Waals surface area contributed by atoms with Gasteiger partial charge in [-0.1, -0.05) is 23.2 Å². The number of halogens is 3. The number of aromatic nitrogens is 1. The van der Waals surface area contributed by atoms with Crippen LogP contribution in [0.25, 0.3) is 4.85 Å². The van der Waals surface area contributed by atoms with E-state index in [1.807, 2.05) is 0 Å². The predicted octanol–water partition coefficient (Wildman–Crippen LogP) is 2.25. The van der Waals surface area contributed by atoms with Crippen LogP contribution in [0, 0.1) is 12.4 Å². The van der Waals surface area contributed by atoms with Crippen molar-refractivity contribution in [2.24, 2.45) is 0 Å². The molecule has 3 rings (SSSR count). The van der Waals surface area contributed by atoms with Crippen LogP contribution in [0.5, 0.6) is 5.75 Å². The minimum absolute atomic E-state index is 0.00772. The van der Waals surface area contributed by atoms with Gasteiger partial charge < -0.3 is 14.9 Å². The molecule has 2 aromatic rings. The second-order valence-electron chi connectivity index (χ2n) is 6.31. The zero-order valence-electron chi connectivity index (χ0n) is 14.6. The van der Waals surface area contributed by atoms with Crippen LogP contribution in [0.3, 0.4) is 0 Å². The number of benzene rings is 1. The maximum absolute atomic E-state index is 13.8. The van der Waals surface area contributed by atoms with E-state index in [4.69, 9.17) is 34.5 Å². The van der Waals surface area contributed by atoms with Crippen LogP contribution in [-0.2, 0) is 10.0 Å². The lowest BCUT2D eigenvalue weighted by Gasteiger charge is -2.27. The summed E-state index contributed by atoms with van der Waals surface area (Å²) in [6.07, 6.45) is -1.21. The van der Waals surface area contributed by atoms with Gasteiger partial charge in [0.15, 0.2) is 5.15 Å². The van der Waals surface area contributed by atoms with Gasteiger partial charge in [0, 0.05) is 12.6 Å². The second-order valence-corrected chi connectivity index (χ2v) is 8.97. The molecule has 0 unspecified atom stereocenters. The molecule has 1 aromatic heterocycles. The lowest BCUT2D eigenvalue weighted by Crippen LogP contribution is -2.48. The first-order valence-electron chi connectivity index (χ1n) is 8.10. The largest absolute Gasteiger partial charge is 0.486 e. The van der Waals surface area contributed by atoms with Gasteiger partial charge in [-0.3, -0.25) is 0 Å². The van der Waals surface area contributed by atoms with Crippen molar-refractivity contribution in [1.29, 1.82) is 0 Å². The highest BCUT2D eigenvalue weighted by Gasteiger charge is 2.51. The number of hydrogen-bond acceptors (Lipinski definition) is 6. The lowest BCUT2D eigenvalue weighted by atomic mass is 10.0. The van der Waals surface area contributed by atoms with Crippen LogP contribution in [0.15, 0.2) is 35.2 Å². The molecule has 2 atom stereocenters. The molecule has 1 saturated heterocycles. The number of β-amino-alcohol motifs (C(OH)–C–C–N with tert-alkyl or cyclic N) is 1. The molecule has 1 aromatic carbocycles. The minimum atomic E-state index is -4.20. The predicted molar refractivity (Wildman–Crippen MR) is 102 cm³/mol. The van der Waals surface area contributed by atoms with Gasteiger partial charge in [0.25, 0.3) is 0 Å². The van der Waals surface area contributed by atoms with E-state index < -0.39 is 40.7 Å². The number of sulfonamides is 1. The van der Waals surface area contributed by atoms with Gasteiger partial charge in [-0.2, -0.15) is 4.31 Å². The summed E-state index contributed by atoms with van der Waals surface area (Å²) in [5, 5.41) is 20.0. The summed E-state index contributed by atoms with van der Waals surface area (Å²) in [5.74, 6) is -0.858. The third kappa shape index (κ3) is 4.16. The van der Waals surface area contributed by atoms with Crippen LogP contribution in [0.4, 0.5) is 10.1 Å². The maximum atomic E-state index is 13.8. The molecule has 2 heterocycles. The molecule has 0 aliphatic carbocycles. The van der Waals surface area contributed by atoms with Crippen LogP contribution < -0.4 is 4.74 Å². The SMILES string of the molecule is [C-]#[N+]c1ccc(O[C@H]2CN(S(=O)(=O)c3ccc(Cl)nc3Cl)C[C@@]2(O)CO)cc1F. The average molecular weight is 462 g/mol. The molecule has 154 valence electrons. The van der Waals surface area contributed by atoms with Gasteiger partial charge in [-0.15, -0.1) is 0 Å². The van der Waals surface area contributed by atoms with Crippen molar-refractivity contribution in [3.05, 3.63) is 57.9 Å². The molecule has 1 fully saturated rings. The Kier molecular flexibility index (Phi) is 6.01. The van der Waals surface area contributed by atoms with Crippen LogP contribution in [0.1, 0.15) is 0 Å². The standard InChI is InChI=1S/C17H14Cl2FN3O5S/c1-21-12-3-2-10(6-11(12)20)28-14-7-23(8-17(14,25)9-24)29(26,27)13-4-5-15(18)22-16(13)19/h2-6,14,24-25H,7-9H2/t14-,17+/m0/s1. The number of aliphatic hydroxyl groups excluding tert-OH is 1. The average Bonchev–Trinajstić information content (AvgIpc) is 2.99. The Morgan fingerprint density at radius 2 is 2.10 bits per heavy atom. The molecular weight excluding hydrogens is 448 g/mol. The van der Waals surface area contributed by atoms with Crippen molar-refractivity contribution < 1.29 is 27.8 Å². The molecule has 1 aliphatic heterocycles. The van der Waals surface area contributed by atoms with Gasteiger partial charge in [-0.25, -0.2) is 22.6 Å². The molecule has 12 heteroatoms. The number of rotatable bonds is 5. The van der Waals surface area contributed by atoms with E-state index in [0.29, 0.717) is 0 Å². The molecule has 2 N–H and O–H groups in total. The van der Waals surface area contributed by atoms with Crippen LogP contribution >= 0.6 is 23.2 Å². The highest BCUT2D eigenvalue weighted by Crippen LogP contribution is 2.33. The van der Waals surface area contributed by atoms with Crippen molar-refractivity contribution in [2.45, 2.75) is 16.6 Å². The summed E-state index contributed by atoms with van der Waals surface area (Å²) in [4.78, 5) is 6.37. The van der Waals surface area contributed by atoms with Crippen molar-refractivity contribution in [3.63, 3.8) is 0 Å². The van der Waals surface area contributed by atoms with Crippen LogP contribution in [-0.4, -0.2) is 59.3 Å². The van der Waals surface area contributed by atoms with E-state index in [-0.39, 0.29) is 33.2 Å². The molecule has 1 aliphatic rings. The van der Waals surface area contributed by atoms with Crippen LogP contribution in [0.2, 0.25) is 10.3 Å². The molecule has 0 spiro atoms. The summed E-state index contributed by atoms with van der Waals surface area (Å²) in [7, 11) is -4.20. The van der Waals surface area contributed by atoms with E-state index in [0.717, 1.165) is 10.4 Å². The summed E-state index contributed by atoms with van der Waals surface area (Å²) in [6.45, 7) is 5.22. The Bertz CT molecular complexity index is 1090. The Morgan fingerprint density at radius 3 is 2.69 bits per heavy atom. The van der Waals surface area contributed by atoms with E-state index >= 15 is 0 Å². The zero-order valence-corrected chi connectivity index (χ0v) is 16.9. The first kappa shape index (κ1) is 21.7. The minimum Gasteiger partial charge on any atom is -0.486 e. The Morgan fingerprint density at radius 1 is 1.38 bits per heavy atom. The Hall–Kier alpha value is -2.00. The number of nitrogens with zero attached hydrogens (tertiary/aromatic N) is 3. The van der Waals surface area contributed by atoms with Gasteiger partial charge >= 0.3 is 0 Å². The fourth-order valence-electron chi connectivity index (χ4n) is 2.86. The summed E-state index contributed by atoms with van der Waals surface area (Å²) < 4.78 is 46.1. The maximum Gasteiger partial charge on any atom is 0.246 e. The van der Waals surface area contributed by atoms with Crippen molar-refractivity contribution in [1.82, 2.24) is 9.29 Å². The van der Waals surface area contributed by atoms with E-state index in [9.17, 15) is 23.0 Å². The highest BCUT2D eigenvalue weighted by atomic mass is 35.5. The molecule has 29 heavy (non-hydrogen) atoms. The zero-order chi connectivity index (χ0) is 21.4. The van der Waals surface area contributed by atoms with Gasteiger partial charge in [0.05, 0.1) is 19.7 Å². The molecule has 8 nitrogen and oxygen atoms in total. The topological polar surface area (TPSA) is 104 Å². The van der Waals surface area contributed by atoms with Gasteiger partial charge in [0.1, 0.15) is 33.3 Å². The summed E-state index contributed by atoms with van der Waals surface area (Å²) >= 11 is 11.6. The smallest absolute Gasteiger partial charge is 0.246 e. The summed E-state index contributed by atoms with van der Waals surface area (Å²) in [6, 6.07) is 5.88. The van der Waals surface area contributed by atoms with Crippen molar-refractivity contribution in [2.75, 3.05) is 19.7 Å². The fraction of sp³-hybridized carbons (Fsp3) is 0.294. The number of aliphatic hydroxyl groups is 2. The third-order valence-corrected chi connectivity index (χ3v) is 6.86. The van der Waals surface area contributed by atoms with E-state index in [1.54, 1.807) is 0 Å². The number of hydrogen-bond donors (Lipinski definition) is 2. The molecule has 0 bridgehead atoms. The normalized spacial score (nSPS) is 22.4. The fourth-order valence-corrected chi connectivity index (χ4v) is 4.99. The second kappa shape index (κ2) is 8.02.